The van der Waals surface area contributed by atoms with Crippen LogP contribution in [0.3, 0.4) is 0 Å². The van der Waals surface area contributed by atoms with Gasteiger partial charge in [0, 0.05) is 6.04 Å². The Balaban J connectivity index is 2.11. The number of nitrogens with two attached hydrogens (primary N) is 1. The molecule has 1 rings (SSSR count). The van der Waals surface area contributed by atoms with E-state index in [1.54, 1.807) is 0 Å². The quantitative estimate of drug-likeness (QED) is 0.399. The zero-order valence-electron chi connectivity index (χ0n) is 3.72. The van der Waals surface area contributed by atoms with Crippen LogP contribution in [0.1, 0.15) is 0 Å². The summed E-state index contributed by atoms with van der Waals surface area (Å²) in [7, 11) is 3.65. The van der Waals surface area contributed by atoms with E-state index < -0.39 is 0 Å². The van der Waals surface area contributed by atoms with Crippen molar-refractivity contribution in [3.63, 3.8) is 0 Å². The summed E-state index contributed by atoms with van der Waals surface area (Å²) in [5.74, 6) is 0. The lowest BCUT2D eigenvalue weighted by Crippen LogP contribution is -2.52. The Bertz CT molecular complexity index is 41.5. The van der Waals surface area contributed by atoms with E-state index in [-0.39, 0.29) is 0 Å². The summed E-state index contributed by atoms with van der Waals surface area (Å²) in [4.78, 5) is 1.95. The molecule has 0 amide bonds. The Hall–Kier alpha value is -0.0800. The molecule has 0 bridgehead atoms. The third kappa shape index (κ3) is 0.533. The Morgan fingerprint density at radius 1 is 1.67 bits per heavy atom. The molecule has 6 heavy (non-hydrogen) atoms. The lowest BCUT2D eigenvalue weighted by Gasteiger charge is -2.40. The summed E-state index contributed by atoms with van der Waals surface area (Å²) in [5, 5.41) is 0. The first-order valence-corrected chi connectivity index (χ1v) is 2.10. The lowest BCUT2D eigenvalue weighted by molar-refractivity contribution is 0.218. The van der Waals surface area contributed by atoms with Crippen molar-refractivity contribution in [1.82, 2.24) is 4.90 Å². The molecule has 0 aliphatic carbocycles. The third-order valence-corrected chi connectivity index (χ3v) is 0.985. The molecular formula is C4H9N2-. The van der Waals surface area contributed by atoms with Crippen LogP contribution in [0.15, 0.2) is 0 Å². The van der Waals surface area contributed by atoms with E-state index in [9.17, 15) is 0 Å². The minimum Gasteiger partial charge on any atom is -0.457 e. The third-order valence-electron chi connectivity index (χ3n) is 0.985. The van der Waals surface area contributed by atoms with Gasteiger partial charge in [-0.05, 0) is 13.1 Å². The van der Waals surface area contributed by atoms with Gasteiger partial charge in [-0.25, -0.2) is 0 Å². The number of likely N-dealkylation sites (tertiary alicyclic amines) is 1. The molecule has 1 fully saturated rings. The molecule has 0 aromatic heterocycles. The van der Waals surface area contributed by atoms with Crippen molar-refractivity contribution < 1.29 is 0 Å². The van der Waals surface area contributed by atoms with Crippen molar-refractivity contribution in [3.05, 3.63) is 7.05 Å². The van der Waals surface area contributed by atoms with Crippen molar-refractivity contribution in [1.29, 1.82) is 0 Å². The molecule has 0 radical (unpaired) electrons. The van der Waals surface area contributed by atoms with Crippen LogP contribution in [0.2, 0.25) is 0 Å². The standard InChI is InChI=1S/C4H9N2/c1-6-2-4(5)3-6/h4H,1-3,5H2/q-1. The molecule has 2 nitrogen and oxygen atoms in total. The fraction of sp³-hybridized carbons (Fsp3) is 0.750. The number of nitrogens with zero attached hydrogens (tertiary/aromatic N) is 1. The van der Waals surface area contributed by atoms with E-state index in [1.165, 1.54) is 0 Å². The summed E-state index contributed by atoms with van der Waals surface area (Å²) >= 11 is 0. The van der Waals surface area contributed by atoms with Crippen LogP contribution >= 0.6 is 0 Å². The van der Waals surface area contributed by atoms with Crippen molar-refractivity contribution in [3.8, 4) is 0 Å². The van der Waals surface area contributed by atoms with E-state index >= 15 is 0 Å². The van der Waals surface area contributed by atoms with Crippen molar-refractivity contribution in [2.45, 2.75) is 6.04 Å². The van der Waals surface area contributed by atoms with E-state index in [0.717, 1.165) is 13.1 Å². The van der Waals surface area contributed by atoms with Gasteiger partial charge in [0.25, 0.3) is 0 Å². The van der Waals surface area contributed by atoms with Gasteiger partial charge in [-0.15, -0.1) is 0 Å². The Kier molecular flexibility index (Phi) is 0.821. The molecule has 0 atom stereocenters. The first-order valence-electron chi connectivity index (χ1n) is 2.10. The first-order chi connectivity index (χ1) is 2.79. The molecule has 1 aliphatic heterocycles. The fourth-order valence-electron chi connectivity index (χ4n) is 0.610. The topological polar surface area (TPSA) is 29.3 Å². The second-order valence-electron chi connectivity index (χ2n) is 1.80. The zero-order chi connectivity index (χ0) is 4.57. The molecule has 0 aromatic rings. The van der Waals surface area contributed by atoms with Crippen LogP contribution in [-0.2, 0) is 0 Å². The molecular weight excluding hydrogens is 76.1 g/mol. The molecule has 0 unspecified atom stereocenters. The highest BCUT2D eigenvalue weighted by atomic mass is 15.2. The van der Waals surface area contributed by atoms with E-state index in [4.69, 9.17) is 5.73 Å². The molecule has 1 aliphatic rings. The Morgan fingerprint density at radius 3 is 2.17 bits per heavy atom. The molecule has 1 saturated heterocycles. The highest BCUT2D eigenvalue weighted by Crippen LogP contribution is 1.99. The van der Waals surface area contributed by atoms with Gasteiger partial charge >= 0.3 is 0 Å². The molecule has 2 N–H and O–H groups in total. The summed E-state index contributed by atoms with van der Waals surface area (Å²) < 4.78 is 0. The zero-order valence-corrected chi connectivity index (χ0v) is 3.72. The first kappa shape index (κ1) is 4.09. The van der Waals surface area contributed by atoms with Gasteiger partial charge in [-0.1, -0.05) is 0 Å². The SMILES string of the molecule is [CH2-]N1CC(N)C1. The maximum atomic E-state index is 5.39. The van der Waals surface area contributed by atoms with Crippen LogP contribution < -0.4 is 5.73 Å². The number of rotatable bonds is 0. The smallest absolute Gasteiger partial charge is 0.0248 e. The van der Waals surface area contributed by atoms with E-state index in [2.05, 4.69) is 7.05 Å². The molecule has 0 aromatic carbocycles. The summed E-state index contributed by atoms with van der Waals surface area (Å²) in [5.41, 5.74) is 5.39. The van der Waals surface area contributed by atoms with Crippen LogP contribution in [-0.4, -0.2) is 24.0 Å². The minimum absolute atomic E-state index is 0.405. The lowest BCUT2D eigenvalue weighted by atomic mass is 10.2. The van der Waals surface area contributed by atoms with Crippen molar-refractivity contribution >= 4 is 0 Å². The number of hydrogen-bond acceptors (Lipinski definition) is 2. The Morgan fingerprint density at radius 2 is 2.17 bits per heavy atom. The molecule has 36 valence electrons. The van der Waals surface area contributed by atoms with Gasteiger partial charge in [0.05, 0.1) is 0 Å². The highest BCUT2D eigenvalue weighted by Gasteiger charge is 2.11. The average molecular weight is 85.1 g/mol. The van der Waals surface area contributed by atoms with Crippen LogP contribution in [0.25, 0.3) is 0 Å². The van der Waals surface area contributed by atoms with Crippen molar-refractivity contribution in [2.24, 2.45) is 5.73 Å². The summed E-state index contributed by atoms with van der Waals surface area (Å²) in [6, 6.07) is 0.405. The van der Waals surface area contributed by atoms with Gasteiger partial charge in [-0.3, -0.25) is 7.05 Å². The van der Waals surface area contributed by atoms with Gasteiger partial charge in [-0.2, -0.15) is 0 Å². The summed E-state index contributed by atoms with van der Waals surface area (Å²) in [6.45, 7) is 1.94. The Labute approximate surface area is 37.9 Å². The fourth-order valence-corrected chi connectivity index (χ4v) is 0.610. The predicted octanol–water partition coefficient (Wildman–Crippen LogP) is -0.579. The molecule has 1 heterocycles. The minimum atomic E-state index is 0.405. The second-order valence-corrected chi connectivity index (χ2v) is 1.80. The largest absolute Gasteiger partial charge is 0.457 e. The second kappa shape index (κ2) is 1.21. The van der Waals surface area contributed by atoms with Crippen LogP contribution in [0.5, 0.6) is 0 Å². The average Bonchev–Trinajstić information content (AvgIpc) is 1.33. The molecule has 0 saturated carbocycles. The van der Waals surface area contributed by atoms with Gasteiger partial charge in [0.1, 0.15) is 0 Å². The van der Waals surface area contributed by atoms with Gasteiger partial charge in [0.15, 0.2) is 0 Å². The van der Waals surface area contributed by atoms with E-state index in [0.29, 0.717) is 6.04 Å². The van der Waals surface area contributed by atoms with Crippen LogP contribution in [0.4, 0.5) is 0 Å². The summed E-state index contributed by atoms with van der Waals surface area (Å²) in [6.07, 6.45) is 0. The highest BCUT2D eigenvalue weighted by molar-refractivity contribution is 4.81. The van der Waals surface area contributed by atoms with Crippen molar-refractivity contribution in [2.75, 3.05) is 13.1 Å². The van der Waals surface area contributed by atoms with Gasteiger partial charge < -0.3 is 10.6 Å². The van der Waals surface area contributed by atoms with Gasteiger partial charge in [0.2, 0.25) is 0 Å². The maximum Gasteiger partial charge on any atom is 0.0248 e. The van der Waals surface area contributed by atoms with E-state index in [1.807, 2.05) is 4.90 Å². The number of hydrogen-bond donors (Lipinski definition) is 1. The monoisotopic (exact) mass is 85.1 g/mol. The maximum absolute atomic E-state index is 5.39. The predicted molar refractivity (Wildman–Crippen MR) is 24.9 cm³/mol. The molecule has 2 heteroatoms. The van der Waals surface area contributed by atoms with Crippen LogP contribution in [0, 0.1) is 7.05 Å². The normalized spacial score (nSPS) is 27.0. The molecule has 0 spiro atoms.